The number of hydrogen-bond donors (Lipinski definition) is 1. The fourth-order valence-corrected chi connectivity index (χ4v) is 3.99. The van der Waals surface area contributed by atoms with Gasteiger partial charge in [-0.15, -0.1) is 0 Å². The van der Waals surface area contributed by atoms with E-state index in [4.69, 9.17) is 32.7 Å². The number of likely N-dealkylation sites (tertiary alicyclic amines) is 1. The van der Waals surface area contributed by atoms with Crippen molar-refractivity contribution in [3.63, 3.8) is 0 Å². The standard InChI is InChI=1S/C23H23Cl2NO5/c1-4-5-11-26-19(14-7-6-8-17(30-2)22(14)31-3)18(21(28)23(26)29)20(27)13-9-10-15(24)16(25)12-13/h6-10,12,19,27H,4-5,11H2,1-3H3/b20-18+. The predicted octanol–water partition coefficient (Wildman–Crippen LogP) is 5.23. The van der Waals surface area contributed by atoms with Crippen LogP contribution in [0.3, 0.4) is 0 Å². The molecule has 164 valence electrons. The Labute approximate surface area is 191 Å². The molecule has 0 radical (unpaired) electrons. The average molecular weight is 464 g/mol. The van der Waals surface area contributed by atoms with Gasteiger partial charge < -0.3 is 19.5 Å². The van der Waals surface area contributed by atoms with E-state index in [1.807, 2.05) is 6.92 Å². The molecule has 0 aliphatic carbocycles. The van der Waals surface area contributed by atoms with Crippen LogP contribution in [0.5, 0.6) is 11.5 Å². The zero-order chi connectivity index (χ0) is 22.7. The van der Waals surface area contributed by atoms with Gasteiger partial charge in [0.05, 0.1) is 35.9 Å². The van der Waals surface area contributed by atoms with Gasteiger partial charge in [0.25, 0.3) is 11.7 Å². The van der Waals surface area contributed by atoms with Crippen LogP contribution in [0.2, 0.25) is 10.0 Å². The molecular weight excluding hydrogens is 441 g/mol. The summed E-state index contributed by atoms with van der Waals surface area (Å²) in [4.78, 5) is 27.4. The summed E-state index contributed by atoms with van der Waals surface area (Å²) >= 11 is 12.1. The number of para-hydroxylation sites is 1. The largest absolute Gasteiger partial charge is 0.507 e. The van der Waals surface area contributed by atoms with Crippen molar-refractivity contribution in [2.24, 2.45) is 0 Å². The molecule has 3 rings (SSSR count). The van der Waals surface area contributed by atoms with E-state index < -0.39 is 17.7 Å². The van der Waals surface area contributed by atoms with Crippen molar-refractivity contribution in [1.82, 2.24) is 4.90 Å². The van der Waals surface area contributed by atoms with E-state index in [-0.39, 0.29) is 21.9 Å². The molecule has 1 aliphatic rings. The van der Waals surface area contributed by atoms with Crippen LogP contribution in [0.1, 0.15) is 36.9 Å². The van der Waals surface area contributed by atoms with E-state index in [1.165, 1.54) is 31.3 Å². The number of Topliss-reactive ketones (excluding diaryl/α,β-unsaturated/α-hetero) is 1. The van der Waals surface area contributed by atoms with Gasteiger partial charge in [-0.25, -0.2) is 0 Å². The highest BCUT2D eigenvalue weighted by atomic mass is 35.5. The normalized spacial score (nSPS) is 17.8. The van der Waals surface area contributed by atoms with Crippen molar-refractivity contribution in [1.29, 1.82) is 0 Å². The first kappa shape index (κ1) is 23.0. The Bertz CT molecular complexity index is 1050. The second kappa shape index (κ2) is 9.62. The van der Waals surface area contributed by atoms with Crippen molar-refractivity contribution < 1.29 is 24.2 Å². The maximum Gasteiger partial charge on any atom is 0.295 e. The molecule has 31 heavy (non-hydrogen) atoms. The molecule has 8 heteroatoms. The molecule has 6 nitrogen and oxygen atoms in total. The maximum absolute atomic E-state index is 13.0. The van der Waals surface area contributed by atoms with Crippen LogP contribution < -0.4 is 9.47 Å². The first-order valence-corrected chi connectivity index (χ1v) is 10.6. The highest BCUT2D eigenvalue weighted by Crippen LogP contribution is 2.45. The van der Waals surface area contributed by atoms with E-state index in [1.54, 1.807) is 24.3 Å². The Morgan fingerprint density at radius 2 is 1.84 bits per heavy atom. The number of nitrogens with zero attached hydrogens (tertiary/aromatic N) is 1. The number of rotatable bonds is 7. The van der Waals surface area contributed by atoms with E-state index in [9.17, 15) is 14.7 Å². The second-order valence-corrected chi connectivity index (χ2v) is 7.87. The molecule has 1 unspecified atom stereocenters. The van der Waals surface area contributed by atoms with E-state index in [0.29, 0.717) is 35.1 Å². The van der Waals surface area contributed by atoms with Gasteiger partial charge in [0, 0.05) is 17.7 Å². The van der Waals surface area contributed by atoms with Gasteiger partial charge in [0.15, 0.2) is 11.5 Å². The summed E-state index contributed by atoms with van der Waals surface area (Å²) < 4.78 is 10.9. The molecule has 0 bridgehead atoms. The minimum Gasteiger partial charge on any atom is -0.507 e. The van der Waals surface area contributed by atoms with Crippen LogP contribution in [-0.2, 0) is 9.59 Å². The zero-order valence-electron chi connectivity index (χ0n) is 17.4. The number of ether oxygens (including phenoxy) is 2. The number of aliphatic hydroxyl groups excluding tert-OH is 1. The van der Waals surface area contributed by atoms with E-state index in [2.05, 4.69) is 0 Å². The number of methoxy groups -OCH3 is 2. The molecule has 1 aliphatic heterocycles. The molecule has 1 N–H and O–H groups in total. The van der Waals surface area contributed by atoms with Gasteiger partial charge in [0.2, 0.25) is 0 Å². The lowest BCUT2D eigenvalue weighted by Gasteiger charge is -2.27. The second-order valence-electron chi connectivity index (χ2n) is 7.06. The van der Waals surface area contributed by atoms with Crippen molar-refractivity contribution in [2.75, 3.05) is 20.8 Å². The fraction of sp³-hybridized carbons (Fsp3) is 0.304. The summed E-state index contributed by atoms with van der Waals surface area (Å²) in [6.45, 7) is 2.34. The minimum atomic E-state index is -0.842. The number of hydrogen-bond acceptors (Lipinski definition) is 5. The van der Waals surface area contributed by atoms with Crippen molar-refractivity contribution in [2.45, 2.75) is 25.8 Å². The summed E-state index contributed by atoms with van der Waals surface area (Å²) in [5, 5.41) is 11.6. The van der Waals surface area contributed by atoms with Gasteiger partial charge in [-0.2, -0.15) is 0 Å². The highest BCUT2D eigenvalue weighted by molar-refractivity contribution is 6.47. The van der Waals surface area contributed by atoms with Crippen LogP contribution in [0.25, 0.3) is 5.76 Å². The molecular formula is C23H23Cl2NO5. The predicted molar refractivity (Wildman–Crippen MR) is 120 cm³/mol. The lowest BCUT2D eigenvalue weighted by molar-refractivity contribution is -0.139. The van der Waals surface area contributed by atoms with Crippen LogP contribution in [0, 0.1) is 0 Å². The number of halogens is 2. The Kier molecular flexibility index (Phi) is 7.13. The van der Waals surface area contributed by atoms with Gasteiger partial charge in [-0.05, 0) is 30.7 Å². The topological polar surface area (TPSA) is 76.1 Å². The van der Waals surface area contributed by atoms with Crippen molar-refractivity contribution in [3.8, 4) is 11.5 Å². The van der Waals surface area contributed by atoms with Crippen LogP contribution in [0.4, 0.5) is 0 Å². The summed E-state index contributed by atoms with van der Waals surface area (Å²) in [6.07, 6.45) is 1.53. The number of unbranched alkanes of at least 4 members (excludes halogenated alkanes) is 1. The van der Waals surface area contributed by atoms with Gasteiger partial charge >= 0.3 is 0 Å². The number of amides is 1. The Morgan fingerprint density at radius 1 is 1.10 bits per heavy atom. The molecule has 0 spiro atoms. The molecule has 0 saturated carbocycles. The molecule has 0 aromatic heterocycles. The Balaban J connectivity index is 2.27. The Morgan fingerprint density at radius 3 is 2.45 bits per heavy atom. The third-order valence-corrected chi connectivity index (χ3v) is 5.95. The maximum atomic E-state index is 13.0. The molecule has 2 aromatic rings. The van der Waals surface area contributed by atoms with Crippen LogP contribution in [0.15, 0.2) is 42.0 Å². The monoisotopic (exact) mass is 463 g/mol. The lowest BCUT2D eigenvalue weighted by atomic mass is 9.94. The third kappa shape index (κ3) is 4.23. The first-order valence-electron chi connectivity index (χ1n) is 9.80. The molecule has 2 aromatic carbocycles. The molecule has 1 heterocycles. The summed E-state index contributed by atoms with van der Waals surface area (Å²) in [5.41, 5.74) is 0.791. The Hall–Kier alpha value is -2.70. The smallest absolute Gasteiger partial charge is 0.295 e. The summed E-state index contributed by atoms with van der Waals surface area (Å²) in [7, 11) is 2.99. The van der Waals surface area contributed by atoms with E-state index >= 15 is 0 Å². The molecule has 1 amide bonds. The van der Waals surface area contributed by atoms with Crippen molar-refractivity contribution >= 4 is 40.7 Å². The zero-order valence-corrected chi connectivity index (χ0v) is 19.0. The summed E-state index contributed by atoms with van der Waals surface area (Å²) in [5.74, 6) is -0.931. The van der Waals surface area contributed by atoms with Gasteiger partial charge in [-0.3, -0.25) is 9.59 Å². The first-order chi connectivity index (χ1) is 14.8. The van der Waals surface area contributed by atoms with Gasteiger partial charge in [0.1, 0.15) is 5.76 Å². The average Bonchev–Trinajstić information content (AvgIpc) is 3.02. The fourth-order valence-electron chi connectivity index (χ4n) is 3.69. The molecule has 1 atom stereocenters. The number of carbonyl (C=O) groups is 2. The van der Waals surface area contributed by atoms with E-state index in [0.717, 1.165) is 6.42 Å². The number of benzene rings is 2. The third-order valence-electron chi connectivity index (χ3n) is 5.21. The minimum absolute atomic E-state index is 0.0361. The number of aliphatic hydroxyl groups is 1. The molecule has 1 fully saturated rings. The van der Waals surface area contributed by atoms with Crippen LogP contribution in [-0.4, -0.2) is 42.5 Å². The lowest BCUT2D eigenvalue weighted by Crippen LogP contribution is -2.30. The quantitative estimate of drug-likeness (QED) is 0.345. The summed E-state index contributed by atoms with van der Waals surface area (Å²) in [6, 6.07) is 8.90. The van der Waals surface area contributed by atoms with Crippen LogP contribution >= 0.6 is 23.2 Å². The van der Waals surface area contributed by atoms with Gasteiger partial charge in [-0.1, -0.05) is 48.7 Å². The molecule has 1 saturated heterocycles. The SMILES string of the molecule is CCCCN1C(=O)C(=O)/C(=C(/O)c2ccc(Cl)c(Cl)c2)C1c1cccc(OC)c1OC. The number of carbonyl (C=O) groups excluding carboxylic acids is 2. The van der Waals surface area contributed by atoms with Crippen molar-refractivity contribution in [3.05, 3.63) is 63.1 Å². The highest BCUT2D eigenvalue weighted by Gasteiger charge is 2.47. The number of ketones is 1.